The van der Waals surface area contributed by atoms with Gasteiger partial charge < -0.3 is 61.6 Å². The number of aldehydes is 1. The van der Waals surface area contributed by atoms with Crippen molar-refractivity contribution in [3.8, 4) is 11.4 Å². The van der Waals surface area contributed by atoms with Gasteiger partial charge in [-0.2, -0.15) is 0 Å². The number of likely N-dealkylation sites (N-methyl/N-ethyl adjacent to an activating group) is 2. The maximum atomic E-state index is 14.6. The molecule has 3 radical (unpaired) electrons. The Hall–Kier alpha value is -6.85. The SMILES string of the molecule is CC.CCC(C=O)c1cc2n(c(=O)c1COC)Cc1c-2nc2cc(F)c(C)c3c2c1CCC3.CCNC(=O)CNC(=O)CN1C(=O)C=CC1=O.CNCC(=O)O.NC(=O)C1(COCNC(=O)CNC(=O)CNC=O)CCC1.[CH3][Pb]. The molecule has 24 nitrogen and oxygen atoms in total. The van der Waals surface area contributed by atoms with E-state index in [-0.39, 0.29) is 81.8 Å². The number of nitrogens with one attached hydrogen (secondary N) is 6. The van der Waals surface area contributed by atoms with Crippen molar-refractivity contribution >= 4 is 96.7 Å². The van der Waals surface area contributed by atoms with Crippen molar-refractivity contribution in [1.29, 1.82) is 0 Å². The molecule has 2 aliphatic carbocycles. The van der Waals surface area contributed by atoms with Gasteiger partial charge in [-0.15, -0.1) is 0 Å². The number of carboxylic acids is 1. The predicted octanol–water partition coefficient (Wildman–Crippen LogP) is 0.478. The third kappa shape index (κ3) is 19.2. The molecule has 9 N–H and O–H groups in total. The number of fused-ring (bicyclic) bond motifs is 4. The Bertz CT molecular complexity index is 2750. The average molecular weight is 1300 g/mol. The molecule has 1 fully saturated rings. The van der Waals surface area contributed by atoms with Gasteiger partial charge in [0.2, 0.25) is 35.9 Å². The third-order valence-electron chi connectivity index (χ3n) is 12.7. The fourth-order valence-electron chi connectivity index (χ4n) is 8.59. The molecule has 8 amide bonds. The van der Waals surface area contributed by atoms with E-state index in [0.717, 1.165) is 71.2 Å². The van der Waals surface area contributed by atoms with Crippen LogP contribution in [0.1, 0.15) is 99.1 Å². The van der Waals surface area contributed by atoms with Crippen molar-refractivity contribution < 1.29 is 66.9 Å². The Morgan fingerprint density at radius 3 is 2.00 bits per heavy atom. The van der Waals surface area contributed by atoms with E-state index < -0.39 is 40.9 Å². The minimum atomic E-state index is -0.822. The number of pyridine rings is 2. The molecule has 3 aromatic rings. The van der Waals surface area contributed by atoms with Crippen LogP contribution in [0.2, 0.25) is 4.48 Å². The van der Waals surface area contributed by atoms with Crippen LogP contribution in [0.15, 0.2) is 29.1 Å². The maximum absolute atomic E-state index is 14.6. The summed E-state index contributed by atoms with van der Waals surface area (Å²) in [6.07, 6.45) is 9.12. The summed E-state index contributed by atoms with van der Waals surface area (Å²) < 4.78 is 29.0. The van der Waals surface area contributed by atoms with E-state index in [1.165, 1.54) is 37.4 Å². The second-order valence-electron chi connectivity index (χ2n) is 17.7. The van der Waals surface area contributed by atoms with Crippen molar-refractivity contribution in [2.24, 2.45) is 11.1 Å². The summed E-state index contributed by atoms with van der Waals surface area (Å²) in [7, 11) is 3.14. The molecule has 0 spiro atoms. The number of primary amides is 1. The zero-order valence-electron chi connectivity index (χ0n) is 46.1. The summed E-state index contributed by atoms with van der Waals surface area (Å²) in [5.41, 5.74) is 11.9. The van der Waals surface area contributed by atoms with Gasteiger partial charge in [0, 0.05) is 54.3 Å². The third-order valence-corrected chi connectivity index (χ3v) is 12.7. The number of benzene rings is 1. The first-order valence-electron chi connectivity index (χ1n) is 25.7. The number of rotatable bonds is 22. The topological polar surface area (TPSA) is 346 Å². The van der Waals surface area contributed by atoms with Crippen LogP contribution in [0.5, 0.6) is 0 Å². The molecule has 1 atom stereocenters. The molecular formula is C53H74FN10O14Pb. The van der Waals surface area contributed by atoms with Crippen molar-refractivity contribution in [2.45, 2.75) is 103 Å². The van der Waals surface area contributed by atoms with Crippen molar-refractivity contribution in [1.82, 2.24) is 46.4 Å². The van der Waals surface area contributed by atoms with Crippen LogP contribution >= 0.6 is 0 Å². The molecule has 79 heavy (non-hydrogen) atoms. The number of nitrogens with two attached hydrogens (primary N) is 1. The van der Waals surface area contributed by atoms with Crippen LogP contribution in [-0.2, 0) is 83.4 Å². The molecule has 1 unspecified atom stereocenters. The monoisotopic (exact) mass is 1300 g/mol. The zero-order valence-corrected chi connectivity index (χ0v) is 50.0. The Morgan fingerprint density at radius 2 is 1.48 bits per heavy atom. The van der Waals surface area contributed by atoms with Gasteiger partial charge in [0.25, 0.3) is 17.4 Å². The van der Waals surface area contributed by atoms with Crippen LogP contribution in [0, 0.1) is 18.2 Å². The molecule has 1 saturated carbocycles. The number of carbonyl (C=O) groups excluding carboxylic acids is 9. The van der Waals surface area contributed by atoms with Gasteiger partial charge in [-0.1, -0.05) is 27.2 Å². The van der Waals surface area contributed by atoms with E-state index in [2.05, 4.69) is 36.4 Å². The van der Waals surface area contributed by atoms with Crippen molar-refractivity contribution in [3.63, 3.8) is 0 Å². The number of hydrogen-bond acceptors (Lipinski definition) is 15. The standard InChI is InChI=1S/C25H25FN2O3.C12H20N4O5.C10H13N3O4.C3H7NO2.C2H6.CH3.Pb/c1-4-14(11-29)17-8-22-24-18(10-28(22)25(30)19(17)12-31-3)16-7-5-6-15-13(2)20(26)9-21(27-24)23(15)16;13-11(20)12(2-1-3-12)6-21-8-16-10(19)5-15-9(18)4-14-7-17;1-2-11-7(14)5-12-8(15)6-13-9(16)3-4-10(13)17;1-4-2-3(5)6;1-2;;/h8-9,11,14H,4-7,10,12H2,1-3H3;7H,1-6,8H2,(H2,13,20)(H,14,17)(H,15,18)(H,16,19);3-4H,2,5-6H2,1H3,(H,11,14)(H,12,15);4H,2H2,1H3,(H,5,6);1-2H3;1H3;. The summed E-state index contributed by atoms with van der Waals surface area (Å²) in [5.74, 6) is -4.64. The number of aryl methyl sites for hydroxylation is 2. The predicted molar refractivity (Wildman–Crippen MR) is 291 cm³/mol. The summed E-state index contributed by atoms with van der Waals surface area (Å²) in [6.45, 7) is 9.82. The van der Waals surface area contributed by atoms with Crippen LogP contribution < -0.4 is 43.2 Å². The van der Waals surface area contributed by atoms with Crippen LogP contribution in [0.3, 0.4) is 0 Å². The van der Waals surface area contributed by atoms with Crippen molar-refractivity contribution in [3.05, 3.63) is 73.8 Å². The number of imide groups is 1. The number of ether oxygens (including phenoxy) is 2. The fraction of sp³-hybridized carbons (Fsp3) is 0.509. The number of aliphatic carboxylic acids is 1. The molecule has 2 aromatic heterocycles. The van der Waals surface area contributed by atoms with Crippen LogP contribution in [0.25, 0.3) is 22.3 Å². The zero-order chi connectivity index (χ0) is 59.4. The number of aromatic nitrogens is 2. The summed E-state index contributed by atoms with van der Waals surface area (Å²) >= 11 is 1.31. The summed E-state index contributed by atoms with van der Waals surface area (Å²) in [5, 5.41) is 23.1. The Morgan fingerprint density at radius 1 is 0.873 bits per heavy atom. The molecule has 1 aromatic carbocycles. The second-order valence-corrected chi connectivity index (χ2v) is 17.7. The van der Waals surface area contributed by atoms with E-state index in [1.54, 1.807) is 25.6 Å². The van der Waals surface area contributed by atoms with Gasteiger partial charge >= 0.3 is 36.2 Å². The van der Waals surface area contributed by atoms with E-state index >= 15 is 0 Å². The quantitative estimate of drug-likeness (QED) is 0.0174. The number of nitrogens with zero attached hydrogens (tertiary/aromatic N) is 3. The van der Waals surface area contributed by atoms with Gasteiger partial charge in [0.1, 0.15) is 25.4 Å². The molecule has 7 rings (SSSR count). The number of amides is 8. The van der Waals surface area contributed by atoms with Gasteiger partial charge in [0.05, 0.1) is 68.3 Å². The molecule has 2 aliphatic heterocycles. The fourth-order valence-corrected chi connectivity index (χ4v) is 8.59. The number of halogens is 1. The van der Waals surface area contributed by atoms with E-state index in [4.69, 9.17) is 25.3 Å². The van der Waals surface area contributed by atoms with E-state index in [1.807, 2.05) is 33.8 Å². The molecule has 26 heteroatoms. The van der Waals surface area contributed by atoms with Gasteiger partial charge in [-0.25, -0.2) is 9.37 Å². The number of carbonyl (C=O) groups is 10. The number of hydrogen-bond donors (Lipinski definition) is 8. The first-order valence-corrected chi connectivity index (χ1v) is 29.6. The first-order chi connectivity index (χ1) is 37.8. The first kappa shape index (κ1) is 68.3. The number of carboxylic acid groups (broad SMARTS) is 1. The summed E-state index contributed by atoms with van der Waals surface area (Å²) in [6, 6.07) is 3.44. The molecular weight excluding hydrogens is 1230 g/mol. The van der Waals surface area contributed by atoms with Crippen LogP contribution in [-0.4, -0.2) is 172 Å². The normalized spacial score (nSPS) is 13.8. The van der Waals surface area contributed by atoms with Gasteiger partial charge in [-0.05, 0) is 87.7 Å². The Labute approximate surface area is 474 Å². The Balaban J connectivity index is 0.000000389. The van der Waals surface area contributed by atoms with E-state index in [9.17, 15) is 57.1 Å². The van der Waals surface area contributed by atoms with Crippen molar-refractivity contribution in [2.75, 3.05) is 66.8 Å². The summed E-state index contributed by atoms with van der Waals surface area (Å²) in [4.78, 5) is 129. The molecule has 431 valence electrons. The molecule has 4 heterocycles. The Kier molecular flexibility index (Phi) is 30.2. The second kappa shape index (κ2) is 34.9. The van der Waals surface area contributed by atoms with E-state index in [0.29, 0.717) is 66.7 Å². The van der Waals surface area contributed by atoms with Crippen LogP contribution in [0.4, 0.5) is 4.39 Å². The molecule has 4 aliphatic rings. The minimum absolute atomic E-state index is 0.0417. The average Bonchev–Trinajstić information content (AvgIpc) is 4.22. The molecule has 0 bridgehead atoms. The number of methoxy groups -OCH3 is 1. The van der Waals surface area contributed by atoms with Gasteiger partial charge in [0.15, 0.2) is 0 Å². The van der Waals surface area contributed by atoms with Gasteiger partial charge in [-0.3, -0.25) is 52.8 Å². The molecule has 0 saturated heterocycles.